The molecule has 2 amide bonds. The zero-order valence-electron chi connectivity index (χ0n) is 11.6. The molecule has 1 aromatic rings. The molecule has 2 rings (SSSR count). The zero-order chi connectivity index (χ0) is 15.4. The molecule has 0 aromatic heterocycles. The Morgan fingerprint density at radius 3 is 2.86 bits per heavy atom. The van der Waals surface area contributed by atoms with Crippen LogP contribution in [0.5, 0.6) is 5.75 Å². The number of carbonyl (C=O) groups is 2. The van der Waals surface area contributed by atoms with Crippen molar-refractivity contribution in [1.29, 1.82) is 0 Å². The van der Waals surface area contributed by atoms with E-state index in [0.717, 1.165) is 4.47 Å². The van der Waals surface area contributed by atoms with Crippen LogP contribution in [0.15, 0.2) is 22.7 Å². The summed E-state index contributed by atoms with van der Waals surface area (Å²) in [6.07, 6.45) is 0.496. The molecule has 1 saturated heterocycles. The molecule has 0 bridgehead atoms. The van der Waals surface area contributed by atoms with Crippen molar-refractivity contribution >= 4 is 33.6 Å². The second-order valence-electron chi connectivity index (χ2n) is 4.78. The third-order valence-electron chi connectivity index (χ3n) is 3.31. The van der Waals surface area contributed by atoms with Gasteiger partial charge in [0, 0.05) is 18.8 Å². The van der Waals surface area contributed by atoms with Gasteiger partial charge in [0.15, 0.2) is 0 Å². The van der Waals surface area contributed by atoms with E-state index >= 15 is 0 Å². The van der Waals surface area contributed by atoms with Crippen molar-refractivity contribution in [2.45, 2.75) is 13.3 Å². The van der Waals surface area contributed by atoms with Crippen molar-refractivity contribution < 1.29 is 19.4 Å². The maximum atomic E-state index is 12.1. The van der Waals surface area contributed by atoms with E-state index in [1.165, 1.54) is 4.90 Å². The van der Waals surface area contributed by atoms with Crippen LogP contribution in [0.3, 0.4) is 0 Å². The maximum Gasteiger partial charge on any atom is 0.321 e. The van der Waals surface area contributed by atoms with Crippen molar-refractivity contribution in [2.75, 3.05) is 25.0 Å². The minimum atomic E-state index is -0.853. The molecule has 0 saturated carbocycles. The van der Waals surface area contributed by atoms with E-state index in [1.807, 2.05) is 6.92 Å². The number of urea groups is 1. The second-order valence-corrected chi connectivity index (χ2v) is 5.63. The molecule has 114 valence electrons. The number of rotatable bonds is 4. The number of nitrogens with one attached hydrogen (secondary N) is 1. The molecule has 2 N–H and O–H groups in total. The summed E-state index contributed by atoms with van der Waals surface area (Å²) in [4.78, 5) is 24.5. The Balaban J connectivity index is 1.97. The van der Waals surface area contributed by atoms with Crippen LogP contribution >= 0.6 is 15.9 Å². The first kappa shape index (κ1) is 15.6. The fraction of sp³-hybridized carbons (Fsp3) is 0.429. The summed E-state index contributed by atoms with van der Waals surface area (Å²) in [5, 5.41) is 11.7. The van der Waals surface area contributed by atoms with Crippen LogP contribution < -0.4 is 10.1 Å². The monoisotopic (exact) mass is 356 g/mol. The molecule has 1 heterocycles. The van der Waals surface area contributed by atoms with Crippen molar-refractivity contribution in [3.63, 3.8) is 0 Å². The molecule has 1 aliphatic rings. The van der Waals surface area contributed by atoms with Crippen LogP contribution in [0.4, 0.5) is 10.5 Å². The molecule has 1 aliphatic heterocycles. The SMILES string of the molecule is CCOc1ccc(NC(=O)N2CCC(C(=O)O)C2)cc1Br. The van der Waals surface area contributed by atoms with Crippen LogP contribution in [0.2, 0.25) is 0 Å². The van der Waals surface area contributed by atoms with Gasteiger partial charge in [-0.3, -0.25) is 4.79 Å². The number of aliphatic carboxylic acids is 1. The van der Waals surface area contributed by atoms with Gasteiger partial charge in [0.05, 0.1) is 17.0 Å². The Kier molecular flexibility index (Phi) is 5.06. The first-order chi connectivity index (χ1) is 10.0. The van der Waals surface area contributed by atoms with E-state index in [2.05, 4.69) is 21.2 Å². The fourth-order valence-electron chi connectivity index (χ4n) is 2.20. The number of halogens is 1. The lowest BCUT2D eigenvalue weighted by Gasteiger charge is -2.17. The molecule has 0 aliphatic carbocycles. The van der Waals surface area contributed by atoms with Gasteiger partial charge in [-0.2, -0.15) is 0 Å². The Morgan fingerprint density at radius 2 is 2.29 bits per heavy atom. The van der Waals surface area contributed by atoms with E-state index in [9.17, 15) is 9.59 Å². The first-order valence-electron chi connectivity index (χ1n) is 6.72. The lowest BCUT2D eigenvalue weighted by Crippen LogP contribution is -2.33. The third-order valence-corrected chi connectivity index (χ3v) is 3.93. The first-order valence-corrected chi connectivity index (χ1v) is 7.51. The van der Waals surface area contributed by atoms with Crippen LogP contribution in [-0.2, 0) is 4.79 Å². The summed E-state index contributed by atoms with van der Waals surface area (Å²) in [7, 11) is 0. The standard InChI is InChI=1S/C14H17BrN2O4/c1-2-21-12-4-3-10(7-11(12)15)16-14(20)17-6-5-9(8-17)13(18)19/h3-4,7,9H,2,5-6,8H2,1H3,(H,16,20)(H,18,19). The largest absolute Gasteiger partial charge is 0.493 e. The van der Waals surface area contributed by atoms with Gasteiger partial charge in [0.2, 0.25) is 0 Å². The lowest BCUT2D eigenvalue weighted by atomic mass is 10.1. The minimum absolute atomic E-state index is 0.249. The molecule has 6 nitrogen and oxygen atoms in total. The number of carboxylic acids is 1. The molecule has 1 aromatic carbocycles. The lowest BCUT2D eigenvalue weighted by molar-refractivity contribution is -0.141. The second kappa shape index (κ2) is 6.80. The van der Waals surface area contributed by atoms with Gasteiger partial charge < -0.3 is 20.1 Å². The van der Waals surface area contributed by atoms with Gasteiger partial charge in [0.1, 0.15) is 5.75 Å². The highest BCUT2D eigenvalue weighted by Gasteiger charge is 2.30. The Labute approximate surface area is 131 Å². The highest BCUT2D eigenvalue weighted by atomic mass is 79.9. The molecular formula is C14H17BrN2O4. The topological polar surface area (TPSA) is 78.9 Å². The number of amides is 2. The molecule has 0 spiro atoms. The molecule has 1 atom stereocenters. The van der Waals surface area contributed by atoms with Gasteiger partial charge in [-0.05, 0) is 47.5 Å². The molecule has 21 heavy (non-hydrogen) atoms. The van der Waals surface area contributed by atoms with Crippen molar-refractivity contribution in [3.05, 3.63) is 22.7 Å². The van der Waals surface area contributed by atoms with E-state index in [0.29, 0.717) is 31.0 Å². The number of hydrogen-bond acceptors (Lipinski definition) is 3. The smallest absolute Gasteiger partial charge is 0.321 e. The molecule has 0 radical (unpaired) electrons. The summed E-state index contributed by atoms with van der Waals surface area (Å²) >= 11 is 3.38. The summed E-state index contributed by atoms with van der Waals surface area (Å²) in [6.45, 7) is 3.17. The summed E-state index contributed by atoms with van der Waals surface area (Å²) in [5.41, 5.74) is 0.633. The number of ether oxygens (including phenoxy) is 1. The fourth-order valence-corrected chi connectivity index (χ4v) is 2.69. The van der Waals surface area contributed by atoms with Crippen LogP contribution in [-0.4, -0.2) is 41.7 Å². The Hall–Kier alpha value is -1.76. The average Bonchev–Trinajstić information content (AvgIpc) is 2.92. The molecule has 7 heteroatoms. The third kappa shape index (κ3) is 3.87. The Bertz CT molecular complexity index is 550. The minimum Gasteiger partial charge on any atom is -0.493 e. The van der Waals surface area contributed by atoms with Crippen LogP contribution in [0, 0.1) is 5.92 Å². The van der Waals surface area contributed by atoms with E-state index in [4.69, 9.17) is 9.84 Å². The molecular weight excluding hydrogens is 340 g/mol. The summed E-state index contributed by atoms with van der Waals surface area (Å²) < 4.78 is 6.16. The number of likely N-dealkylation sites (tertiary alicyclic amines) is 1. The van der Waals surface area contributed by atoms with Gasteiger partial charge in [0.25, 0.3) is 0 Å². The quantitative estimate of drug-likeness (QED) is 0.869. The molecule has 1 unspecified atom stereocenters. The predicted molar refractivity (Wildman–Crippen MR) is 81.6 cm³/mol. The van der Waals surface area contributed by atoms with Gasteiger partial charge in [-0.1, -0.05) is 0 Å². The normalized spacial score (nSPS) is 17.6. The summed E-state index contributed by atoms with van der Waals surface area (Å²) in [5.74, 6) is -0.612. The van der Waals surface area contributed by atoms with Crippen molar-refractivity contribution in [2.24, 2.45) is 5.92 Å². The van der Waals surface area contributed by atoms with Gasteiger partial charge in [-0.25, -0.2) is 4.79 Å². The van der Waals surface area contributed by atoms with Gasteiger partial charge >= 0.3 is 12.0 Å². The number of nitrogens with zero attached hydrogens (tertiary/aromatic N) is 1. The van der Waals surface area contributed by atoms with Gasteiger partial charge in [-0.15, -0.1) is 0 Å². The maximum absolute atomic E-state index is 12.1. The van der Waals surface area contributed by atoms with E-state index in [-0.39, 0.29) is 12.6 Å². The predicted octanol–water partition coefficient (Wildman–Crippen LogP) is 2.79. The number of carbonyl (C=O) groups excluding carboxylic acids is 1. The van der Waals surface area contributed by atoms with E-state index < -0.39 is 11.9 Å². The Morgan fingerprint density at radius 1 is 1.52 bits per heavy atom. The zero-order valence-corrected chi connectivity index (χ0v) is 13.2. The average molecular weight is 357 g/mol. The van der Waals surface area contributed by atoms with Crippen LogP contribution in [0.1, 0.15) is 13.3 Å². The highest BCUT2D eigenvalue weighted by Crippen LogP contribution is 2.28. The van der Waals surface area contributed by atoms with Crippen molar-refractivity contribution in [1.82, 2.24) is 4.90 Å². The number of benzene rings is 1. The van der Waals surface area contributed by atoms with Crippen LogP contribution in [0.25, 0.3) is 0 Å². The van der Waals surface area contributed by atoms with Crippen molar-refractivity contribution in [3.8, 4) is 5.75 Å². The molecule has 1 fully saturated rings. The summed E-state index contributed by atoms with van der Waals surface area (Å²) in [6, 6.07) is 4.99. The van der Waals surface area contributed by atoms with E-state index in [1.54, 1.807) is 18.2 Å². The number of anilines is 1. The highest BCUT2D eigenvalue weighted by molar-refractivity contribution is 9.10. The number of carboxylic acid groups (broad SMARTS) is 1. The number of hydrogen-bond donors (Lipinski definition) is 2.